The van der Waals surface area contributed by atoms with E-state index in [-0.39, 0.29) is 5.82 Å². The lowest BCUT2D eigenvalue weighted by molar-refractivity contribution is 0.321. The molecule has 3 aromatic heterocycles. The monoisotopic (exact) mass is 527 g/mol. The van der Waals surface area contributed by atoms with E-state index in [1.165, 1.54) is 24.0 Å². The van der Waals surface area contributed by atoms with Gasteiger partial charge in [0.1, 0.15) is 17.3 Å². The predicted molar refractivity (Wildman–Crippen MR) is 143 cm³/mol. The van der Waals surface area contributed by atoms with Crippen LogP contribution in [0, 0.1) is 12.7 Å². The summed E-state index contributed by atoms with van der Waals surface area (Å²) in [5, 5.41) is 2.83. The summed E-state index contributed by atoms with van der Waals surface area (Å²) in [6.45, 7) is 5.07. The van der Waals surface area contributed by atoms with E-state index in [2.05, 4.69) is 28.5 Å². The van der Waals surface area contributed by atoms with E-state index < -0.39 is 10.0 Å². The number of pyridine rings is 1. The molecule has 0 atom stereocenters. The molecule has 0 unspecified atom stereocenters. The van der Waals surface area contributed by atoms with Crippen LogP contribution in [-0.2, 0) is 16.4 Å². The zero-order chi connectivity index (χ0) is 25.6. The van der Waals surface area contributed by atoms with E-state index in [4.69, 9.17) is 9.97 Å². The second kappa shape index (κ2) is 9.57. The number of fused-ring (bicyclic) bond motifs is 1. The van der Waals surface area contributed by atoms with Gasteiger partial charge < -0.3 is 4.90 Å². The molecular weight excluding hydrogens is 497 g/mol. The molecule has 0 N–H and O–H groups in total. The molecule has 1 fully saturated rings. The van der Waals surface area contributed by atoms with E-state index in [9.17, 15) is 12.8 Å². The highest BCUT2D eigenvalue weighted by molar-refractivity contribution is 7.88. The third-order valence-electron chi connectivity index (χ3n) is 6.98. The number of nitrogens with zero attached hydrogens (tertiary/aromatic N) is 5. The molecule has 0 radical (unpaired) electrons. The predicted octanol–water partition coefficient (Wildman–Crippen LogP) is 5.37. The van der Waals surface area contributed by atoms with E-state index >= 15 is 0 Å². The van der Waals surface area contributed by atoms with E-state index in [0.29, 0.717) is 19.0 Å². The maximum absolute atomic E-state index is 13.6. The summed E-state index contributed by atoms with van der Waals surface area (Å²) >= 11 is 1.54. The number of rotatable bonds is 6. The minimum atomic E-state index is -3.15. The normalized spacial score (nSPS) is 15.6. The molecular formula is C26H30FN5O2S2. The molecule has 1 aliphatic rings. The number of halogens is 1. The summed E-state index contributed by atoms with van der Waals surface area (Å²) < 4.78 is 41.1. The lowest BCUT2D eigenvalue weighted by Crippen LogP contribution is -2.37. The maximum atomic E-state index is 13.6. The first-order valence-corrected chi connectivity index (χ1v) is 14.8. The standard InChI is InChI=1S/C26H30FN5O2S2/c1-5-22-25(30(3)26-29-23(16-35-26)21-8-7-20(27)14-17(21)2)32-15-19(6-9-24(32)28-22)18-10-12-31(13-11-18)36(4,33)34/h6-9,14-16,18H,5,10-13H2,1-4H3. The highest BCUT2D eigenvalue weighted by Gasteiger charge is 2.27. The molecule has 7 nitrogen and oxygen atoms in total. The largest absolute Gasteiger partial charge is 0.305 e. The average molecular weight is 528 g/mol. The second-order valence-corrected chi connectivity index (χ2v) is 12.2. The van der Waals surface area contributed by atoms with Crippen LogP contribution < -0.4 is 4.90 Å². The Bertz CT molecular complexity index is 1520. The number of benzene rings is 1. The number of piperidine rings is 1. The lowest BCUT2D eigenvalue weighted by atomic mass is 9.91. The van der Waals surface area contributed by atoms with Gasteiger partial charge in [0.05, 0.1) is 17.6 Å². The van der Waals surface area contributed by atoms with Crippen LogP contribution in [0.25, 0.3) is 16.9 Å². The molecule has 36 heavy (non-hydrogen) atoms. The van der Waals surface area contributed by atoms with Crippen molar-refractivity contribution in [2.45, 2.75) is 39.0 Å². The molecule has 0 saturated carbocycles. The molecule has 190 valence electrons. The van der Waals surface area contributed by atoms with Crippen molar-refractivity contribution in [3.63, 3.8) is 0 Å². The first-order chi connectivity index (χ1) is 17.2. The molecule has 0 amide bonds. The minimum Gasteiger partial charge on any atom is -0.305 e. The molecule has 1 aromatic carbocycles. The smallest absolute Gasteiger partial charge is 0.211 e. The number of hydrogen-bond donors (Lipinski definition) is 0. The van der Waals surface area contributed by atoms with Gasteiger partial charge in [0.2, 0.25) is 10.0 Å². The summed E-state index contributed by atoms with van der Waals surface area (Å²) in [4.78, 5) is 11.8. The van der Waals surface area contributed by atoms with Crippen LogP contribution >= 0.6 is 11.3 Å². The van der Waals surface area contributed by atoms with Gasteiger partial charge in [-0.05, 0) is 67.5 Å². The Morgan fingerprint density at radius 2 is 1.92 bits per heavy atom. The fraction of sp³-hybridized carbons (Fsp3) is 0.385. The molecule has 0 spiro atoms. The Balaban J connectivity index is 1.47. The van der Waals surface area contributed by atoms with Gasteiger partial charge in [-0.3, -0.25) is 4.40 Å². The van der Waals surface area contributed by atoms with Crippen molar-refractivity contribution in [2.75, 3.05) is 31.3 Å². The first-order valence-electron chi connectivity index (χ1n) is 12.1. The van der Waals surface area contributed by atoms with Crippen LogP contribution in [0.15, 0.2) is 41.9 Å². The number of hydrogen-bond acceptors (Lipinski definition) is 6. The summed E-state index contributed by atoms with van der Waals surface area (Å²) in [5.41, 5.74) is 5.64. The number of aryl methyl sites for hydroxylation is 2. The van der Waals surface area contributed by atoms with Crippen LogP contribution in [0.2, 0.25) is 0 Å². The van der Waals surface area contributed by atoms with Crippen molar-refractivity contribution >= 4 is 38.0 Å². The zero-order valence-corrected chi connectivity index (χ0v) is 22.5. The van der Waals surface area contributed by atoms with E-state index in [0.717, 1.165) is 58.4 Å². The van der Waals surface area contributed by atoms with Crippen LogP contribution in [0.4, 0.5) is 15.3 Å². The highest BCUT2D eigenvalue weighted by atomic mass is 32.2. The average Bonchev–Trinajstić information content (AvgIpc) is 3.48. The first kappa shape index (κ1) is 24.9. The highest BCUT2D eigenvalue weighted by Crippen LogP contribution is 2.36. The topological polar surface area (TPSA) is 70.8 Å². The number of imidazole rings is 1. The SMILES string of the molecule is CCc1nc2ccc(C3CCN(S(C)(=O)=O)CC3)cn2c1N(C)c1nc(-c2ccc(F)cc2C)cs1. The molecule has 10 heteroatoms. The summed E-state index contributed by atoms with van der Waals surface area (Å²) in [6, 6.07) is 8.93. The van der Waals surface area contributed by atoms with Crippen LogP contribution in [-0.4, -0.2) is 53.5 Å². The number of anilines is 2. The zero-order valence-electron chi connectivity index (χ0n) is 20.9. The maximum Gasteiger partial charge on any atom is 0.211 e. The Labute approximate surface area is 215 Å². The van der Waals surface area contributed by atoms with Gasteiger partial charge in [-0.25, -0.2) is 27.1 Å². The van der Waals surface area contributed by atoms with Crippen molar-refractivity contribution in [1.82, 2.24) is 18.7 Å². The fourth-order valence-corrected chi connectivity index (χ4v) is 6.67. The fourth-order valence-electron chi connectivity index (χ4n) is 5.00. The van der Waals surface area contributed by atoms with Crippen LogP contribution in [0.3, 0.4) is 0 Å². The summed E-state index contributed by atoms with van der Waals surface area (Å²) in [5.74, 6) is 1.02. The van der Waals surface area contributed by atoms with Crippen LogP contribution in [0.1, 0.15) is 42.5 Å². The molecule has 5 rings (SSSR count). The molecule has 1 aliphatic heterocycles. The Hall–Kier alpha value is -2.82. The summed E-state index contributed by atoms with van der Waals surface area (Å²) in [7, 11) is -1.15. The van der Waals surface area contributed by atoms with Gasteiger partial charge in [-0.15, -0.1) is 11.3 Å². The second-order valence-electron chi connectivity index (χ2n) is 9.40. The molecule has 0 bridgehead atoms. The minimum absolute atomic E-state index is 0.250. The van der Waals surface area contributed by atoms with Gasteiger partial charge in [0.25, 0.3) is 0 Å². The number of sulfonamides is 1. The van der Waals surface area contributed by atoms with Gasteiger partial charge >= 0.3 is 0 Å². The Morgan fingerprint density at radius 1 is 1.17 bits per heavy atom. The quantitative estimate of drug-likeness (QED) is 0.337. The van der Waals surface area contributed by atoms with Gasteiger partial charge in [0, 0.05) is 37.3 Å². The van der Waals surface area contributed by atoms with E-state index in [1.54, 1.807) is 21.7 Å². The lowest BCUT2D eigenvalue weighted by Gasteiger charge is -2.30. The van der Waals surface area contributed by atoms with Crippen molar-refractivity contribution in [1.29, 1.82) is 0 Å². The Morgan fingerprint density at radius 3 is 2.58 bits per heavy atom. The molecule has 1 saturated heterocycles. The Kier molecular flexibility index (Phi) is 6.61. The van der Waals surface area contributed by atoms with Gasteiger partial charge in [-0.1, -0.05) is 13.0 Å². The third kappa shape index (κ3) is 4.65. The van der Waals surface area contributed by atoms with Crippen molar-refractivity contribution in [3.05, 3.63) is 64.5 Å². The molecule has 4 aromatic rings. The third-order valence-corrected chi connectivity index (χ3v) is 9.20. The van der Waals surface area contributed by atoms with Crippen molar-refractivity contribution < 1.29 is 12.8 Å². The molecule has 0 aliphatic carbocycles. The van der Waals surface area contributed by atoms with Gasteiger partial charge in [-0.2, -0.15) is 0 Å². The van der Waals surface area contributed by atoms with E-state index in [1.807, 2.05) is 25.4 Å². The number of aromatic nitrogens is 3. The van der Waals surface area contributed by atoms with Crippen molar-refractivity contribution in [2.24, 2.45) is 0 Å². The molecule has 4 heterocycles. The van der Waals surface area contributed by atoms with Crippen LogP contribution in [0.5, 0.6) is 0 Å². The summed E-state index contributed by atoms with van der Waals surface area (Å²) in [6.07, 6.45) is 5.80. The van der Waals surface area contributed by atoms with Crippen molar-refractivity contribution in [3.8, 4) is 11.3 Å². The van der Waals surface area contributed by atoms with Gasteiger partial charge in [0.15, 0.2) is 5.13 Å². The number of thiazole rings is 1.